The molecular formula is C18H21NO3. The maximum absolute atomic E-state index is 11.8. The summed E-state index contributed by atoms with van der Waals surface area (Å²) in [5.41, 5.74) is 2.02. The summed E-state index contributed by atoms with van der Waals surface area (Å²) < 4.78 is 4.91. The van der Waals surface area contributed by atoms with E-state index < -0.39 is 11.6 Å². The van der Waals surface area contributed by atoms with E-state index in [1.165, 1.54) is 6.92 Å². The van der Waals surface area contributed by atoms with E-state index in [0.29, 0.717) is 5.56 Å². The van der Waals surface area contributed by atoms with E-state index in [9.17, 15) is 9.90 Å². The number of benzene rings is 2. The number of hydrogen-bond acceptors (Lipinski definition) is 4. The smallest absolute Gasteiger partial charge is 0.342 e. The number of ether oxygens (including phenoxy) is 1. The van der Waals surface area contributed by atoms with E-state index in [1.54, 1.807) is 19.1 Å². The van der Waals surface area contributed by atoms with Gasteiger partial charge in [-0.25, -0.2) is 4.79 Å². The zero-order chi connectivity index (χ0) is 16.2. The van der Waals surface area contributed by atoms with Crippen LogP contribution in [-0.4, -0.2) is 24.7 Å². The van der Waals surface area contributed by atoms with Gasteiger partial charge in [-0.1, -0.05) is 36.4 Å². The molecule has 4 nitrogen and oxygen atoms in total. The molecule has 4 heteroatoms. The van der Waals surface area contributed by atoms with Crippen LogP contribution in [0.2, 0.25) is 0 Å². The van der Waals surface area contributed by atoms with Crippen molar-refractivity contribution in [3.63, 3.8) is 0 Å². The van der Waals surface area contributed by atoms with Gasteiger partial charge in [0.15, 0.2) is 5.60 Å². The SMILES string of the molecule is CCOC(=O)C(C)(O)c1ccc(-c2ccc(NC)cc2)cc1. The Morgan fingerprint density at radius 3 is 2.05 bits per heavy atom. The second-order valence-corrected chi connectivity index (χ2v) is 5.20. The zero-order valence-electron chi connectivity index (χ0n) is 13.1. The third kappa shape index (κ3) is 3.28. The van der Waals surface area contributed by atoms with Crippen LogP contribution in [0.4, 0.5) is 5.69 Å². The Bertz CT molecular complexity index is 630. The monoisotopic (exact) mass is 299 g/mol. The normalized spacial score (nSPS) is 13.3. The van der Waals surface area contributed by atoms with Gasteiger partial charge in [0.2, 0.25) is 0 Å². The fourth-order valence-corrected chi connectivity index (χ4v) is 2.21. The Hall–Kier alpha value is -2.33. The summed E-state index contributed by atoms with van der Waals surface area (Å²) >= 11 is 0. The Morgan fingerprint density at radius 1 is 1.09 bits per heavy atom. The van der Waals surface area contributed by atoms with Gasteiger partial charge < -0.3 is 15.2 Å². The molecule has 2 rings (SSSR count). The standard InChI is InChI=1S/C18H21NO3/c1-4-22-17(20)18(2,21)15-9-5-13(6-10-15)14-7-11-16(19-3)12-8-14/h5-12,19,21H,4H2,1-3H3. The third-order valence-electron chi connectivity index (χ3n) is 3.63. The van der Waals surface area contributed by atoms with Crippen LogP contribution in [0, 0.1) is 0 Å². The lowest BCUT2D eigenvalue weighted by atomic mass is 9.94. The van der Waals surface area contributed by atoms with Gasteiger partial charge in [0.1, 0.15) is 0 Å². The highest BCUT2D eigenvalue weighted by Crippen LogP contribution is 2.27. The van der Waals surface area contributed by atoms with Crippen molar-refractivity contribution in [1.82, 2.24) is 0 Å². The first-order chi connectivity index (χ1) is 10.5. The molecule has 0 bridgehead atoms. The first-order valence-corrected chi connectivity index (χ1v) is 7.27. The van der Waals surface area contributed by atoms with Crippen molar-refractivity contribution in [2.24, 2.45) is 0 Å². The molecule has 2 N–H and O–H groups in total. The predicted octanol–water partition coefficient (Wildman–Crippen LogP) is 3.17. The summed E-state index contributed by atoms with van der Waals surface area (Å²) in [6, 6.07) is 15.3. The van der Waals surface area contributed by atoms with E-state index >= 15 is 0 Å². The van der Waals surface area contributed by atoms with Crippen molar-refractivity contribution in [2.45, 2.75) is 19.4 Å². The van der Waals surface area contributed by atoms with Gasteiger partial charge in [0, 0.05) is 12.7 Å². The Labute approximate surface area is 130 Å². The topological polar surface area (TPSA) is 58.6 Å². The number of hydrogen-bond donors (Lipinski definition) is 2. The summed E-state index contributed by atoms with van der Waals surface area (Å²) in [7, 11) is 1.88. The maximum Gasteiger partial charge on any atom is 0.342 e. The van der Waals surface area contributed by atoms with Crippen molar-refractivity contribution >= 4 is 11.7 Å². The van der Waals surface area contributed by atoms with E-state index in [0.717, 1.165) is 16.8 Å². The van der Waals surface area contributed by atoms with Crippen LogP contribution in [0.5, 0.6) is 0 Å². The van der Waals surface area contributed by atoms with Crippen LogP contribution in [0.25, 0.3) is 11.1 Å². The van der Waals surface area contributed by atoms with E-state index in [4.69, 9.17) is 4.74 Å². The van der Waals surface area contributed by atoms with Gasteiger partial charge in [-0.05, 0) is 42.7 Å². The average Bonchev–Trinajstić information content (AvgIpc) is 2.55. The van der Waals surface area contributed by atoms with Crippen LogP contribution in [-0.2, 0) is 15.1 Å². The van der Waals surface area contributed by atoms with E-state index in [2.05, 4.69) is 5.32 Å². The number of rotatable bonds is 5. The number of carbonyl (C=O) groups excluding carboxylic acids is 1. The second kappa shape index (κ2) is 6.62. The second-order valence-electron chi connectivity index (χ2n) is 5.20. The average molecular weight is 299 g/mol. The largest absolute Gasteiger partial charge is 0.464 e. The molecule has 0 aliphatic carbocycles. The molecule has 0 aliphatic rings. The number of esters is 1. The number of aliphatic hydroxyl groups is 1. The summed E-state index contributed by atoms with van der Waals surface area (Å²) in [6.07, 6.45) is 0. The molecular weight excluding hydrogens is 278 g/mol. The molecule has 2 aromatic rings. The molecule has 0 aliphatic heterocycles. The lowest BCUT2D eigenvalue weighted by Crippen LogP contribution is -2.34. The zero-order valence-corrected chi connectivity index (χ0v) is 13.1. The molecule has 116 valence electrons. The van der Waals surface area contributed by atoms with Gasteiger partial charge in [-0.3, -0.25) is 0 Å². The van der Waals surface area contributed by atoms with Crippen LogP contribution in [0.15, 0.2) is 48.5 Å². The fraction of sp³-hybridized carbons (Fsp3) is 0.278. The van der Waals surface area contributed by atoms with Crippen molar-refractivity contribution in [3.05, 3.63) is 54.1 Å². The summed E-state index contributed by atoms with van der Waals surface area (Å²) in [4.78, 5) is 11.8. The van der Waals surface area contributed by atoms with Gasteiger partial charge in [-0.2, -0.15) is 0 Å². The summed E-state index contributed by atoms with van der Waals surface area (Å²) in [5, 5.41) is 13.4. The highest BCUT2D eigenvalue weighted by Gasteiger charge is 2.33. The molecule has 0 saturated heterocycles. The van der Waals surface area contributed by atoms with Crippen molar-refractivity contribution in [1.29, 1.82) is 0 Å². The Kier molecular flexibility index (Phi) is 4.83. The van der Waals surface area contributed by atoms with Crippen molar-refractivity contribution < 1.29 is 14.6 Å². The Balaban J connectivity index is 2.24. The summed E-state index contributed by atoms with van der Waals surface area (Å²) in [5.74, 6) is -0.638. The lowest BCUT2D eigenvalue weighted by Gasteiger charge is -2.21. The van der Waals surface area contributed by atoms with E-state index in [-0.39, 0.29) is 6.61 Å². The minimum atomic E-state index is -1.63. The predicted molar refractivity (Wildman–Crippen MR) is 87.6 cm³/mol. The minimum Gasteiger partial charge on any atom is -0.464 e. The first kappa shape index (κ1) is 16.0. The molecule has 0 amide bonds. The quantitative estimate of drug-likeness (QED) is 0.833. The van der Waals surface area contributed by atoms with Crippen LogP contribution < -0.4 is 5.32 Å². The summed E-state index contributed by atoms with van der Waals surface area (Å²) in [6.45, 7) is 3.40. The number of carbonyl (C=O) groups is 1. The minimum absolute atomic E-state index is 0.241. The molecule has 22 heavy (non-hydrogen) atoms. The molecule has 0 radical (unpaired) electrons. The number of anilines is 1. The molecule has 0 aromatic heterocycles. The molecule has 0 saturated carbocycles. The molecule has 1 atom stereocenters. The fourth-order valence-electron chi connectivity index (χ4n) is 2.21. The molecule has 2 aromatic carbocycles. The van der Waals surface area contributed by atoms with E-state index in [1.807, 2.05) is 43.4 Å². The number of nitrogens with one attached hydrogen (secondary N) is 1. The van der Waals surface area contributed by atoms with Gasteiger partial charge in [0.25, 0.3) is 0 Å². The van der Waals surface area contributed by atoms with Gasteiger partial charge in [0.05, 0.1) is 6.61 Å². The molecule has 0 heterocycles. The maximum atomic E-state index is 11.8. The lowest BCUT2D eigenvalue weighted by molar-refractivity contribution is -0.164. The Morgan fingerprint density at radius 2 is 1.59 bits per heavy atom. The molecule has 1 unspecified atom stereocenters. The molecule has 0 spiro atoms. The van der Waals surface area contributed by atoms with Crippen LogP contribution >= 0.6 is 0 Å². The van der Waals surface area contributed by atoms with Crippen molar-refractivity contribution in [2.75, 3.05) is 19.0 Å². The van der Waals surface area contributed by atoms with Gasteiger partial charge >= 0.3 is 5.97 Å². The van der Waals surface area contributed by atoms with Gasteiger partial charge in [-0.15, -0.1) is 0 Å². The van der Waals surface area contributed by atoms with Crippen LogP contribution in [0.3, 0.4) is 0 Å². The first-order valence-electron chi connectivity index (χ1n) is 7.27. The highest BCUT2D eigenvalue weighted by molar-refractivity contribution is 5.81. The molecule has 0 fully saturated rings. The van der Waals surface area contributed by atoms with Crippen molar-refractivity contribution in [3.8, 4) is 11.1 Å². The highest BCUT2D eigenvalue weighted by atomic mass is 16.5. The van der Waals surface area contributed by atoms with Crippen LogP contribution in [0.1, 0.15) is 19.4 Å². The third-order valence-corrected chi connectivity index (χ3v) is 3.63.